The fourth-order valence-electron chi connectivity index (χ4n) is 1.44. The summed E-state index contributed by atoms with van der Waals surface area (Å²) in [5.74, 6) is 0.797. The SMILES string of the molecule is CSCCC(N)c1nc2ccc(F)cc2s1. The molecule has 86 valence electrons. The van der Waals surface area contributed by atoms with E-state index >= 15 is 0 Å². The summed E-state index contributed by atoms with van der Waals surface area (Å²) in [6.07, 6.45) is 2.96. The van der Waals surface area contributed by atoms with Crippen LogP contribution in [0.15, 0.2) is 18.2 Å². The van der Waals surface area contributed by atoms with Gasteiger partial charge in [-0.3, -0.25) is 0 Å². The summed E-state index contributed by atoms with van der Waals surface area (Å²) in [6, 6.07) is 4.61. The lowest BCUT2D eigenvalue weighted by Gasteiger charge is -2.05. The van der Waals surface area contributed by atoms with Gasteiger partial charge in [0.1, 0.15) is 10.8 Å². The van der Waals surface area contributed by atoms with Gasteiger partial charge in [-0.1, -0.05) is 0 Å². The predicted molar refractivity (Wildman–Crippen MR) is 69.5 cm³/mol. The van der Waals surface area contributed by atoms with E-state index in [1.807, 2.05) is 0 Å². The van der Waals surface area contributed by atoms with Gasteiger partial charge < -0.3 is 5.73 Å². The Bertz CT molecular complexity index is 484. The molecule has 2 nitrogen and oxygen atoms in total. The fourth-order valence-corrected chi connectivity index (χ4v) is 2.96. The Morgan fingerprint density at radius 1 is 1.56 bits per heavy atom. The van der Waals surface area contributed by atoms with Gasteiger partial charge >= 0.3 is 0 Å². The molecule has 0 aliphatic rings. The molecule has 0 aliphatic carbocycles. The molecule has 5 heteroatoms. The number of hydrogen-bond donors (Lipinski definition) is 1. The molecule has 0 saturated heterocycles. The molecule has 2 rings (SSSR count). The van der Waals surface area contributed by atoms with E-state index in [0.717, 1.165) is 27.4 Å². The second kappa shape index (κ2) is 5.12. The molecule has 0 amide bonds. The molecule has 1 unspecified atom stereocenters. The van der Waals surface area contributed by atoms with E-state index in [0.29, 0.717) is 0 Å². The Balaban J connectivity index is 2.25. The van der Waals surface area contributed by atoms with Crippen LogP contribution < -0.4 is 5.73 Å². The number of thiazole rings is 1. The second-order valence-corrected chi connectivity index (χ2v) is 5.60. The van der Waals surface area contributed by atoms with Gasteiger partial charge in [0.2, 0.25) is 0 Å². The molecule has 0 aliphatic heterocycles. The zero-order valence-corrected chi connectivity index (χ0v) is 10.6. The predicted octanol–water partition coefficient (Wildman–Crippen LogP) is 3.19. The van der Waals surface area contributed by atoms with Crippen molar-refractivity contribution in [2.75, 3.05) is 12.0 Å². The summed E-state index contributed by atoms with van der Waals surface area (Å²) in [7, 11) is 0. The van der Waals surface area contributed by atoms with Gasteiger partial charge in [0.15, 0.2) is 0 Å². The zero-order valence-electron chi connectivity index (χ0n) is 8.94. The van der Waals surface area contributed by atoms with Crippen molar-refractivity contribution >= 4 is 33.3 Å². The highest BCUT2D eigenvalue weighted by Gasteiger charge is 2.11. The first-order chi connectivity index (χ1) is 7.70. The maximum Gasteiger partial charge on any atom is 0.124 e. The molecule has 1 atom stereocenters. The quantitative estimate of drug-likeness (QED) is 0.913. The Morgan fingerprint density at radius 2 is 2.38 bits per heavy atom. The van der Waals surface area contributed by atoms with Crippen molar-refractivity contribution in [3.63, 3.8) is 0 Å². The molecule has 1 heterocycles. The number of aromatic nitrogens is 1. The molecule has 0 spiro atoms. The van der Waals surface area contributed by atoms with Crippen molar-refractivity contribution in [3.8, 4) is 0 Å². The van der Waals surface area contributed by atoms with Gasteiger partial charge in [0.25, 0.3) is 0 Å². The van der Waals surface area contributed by atoms with Gasteiger partial charge in [-0.15, -0.1) is 11.3 Å². The Labute approximate surface area is 102 Å². The number of thioether (sulfide) groups is 1. The molecule has 0 fully saturated rings. The summed E-state index contributed by atoms with van der Waals surface area (Å²) in [6.45, 7) is 0. The van der Waals surface area contributed by atoms with Crippen molar-refractivity contribution < 1.29 is 4.39 Å². The highest BCUT2D eigenvalue weighted by molar-refractivity contribution is 7.98. The summed E-state index contributed by atoms with van der Waals surface area (Å²) in [5, 5.41) is 0.898. The first kappa shape index (κ1) is 11.8. The van der Waals surface area contributed by atoms with Gasteiger partial charge in [-0.05, 0) is 36.6 Å². The Kier molecular flexibility index (Phi) is 3.78. The highest BCUT2D eigenvalue weighted by atomic mass is 32.2. The lowest BCUT2D eigenvalue weighted by molar-refractivity contribution is 0.630. The van der Waals surface area contributed by atoms with Crippen LogP contribution in [0.4, 0.5) is 4.39 Å². The van der Waals surface area contributed by atoms with Crippen LogP contribution in [-0.4, -0.2) is 17.0 Å². The van der Waals surface area contributed by atoms with Crippen LogP contribution in [0.5, 0.6) is 0 Å². The number of halogens is 1. The van der Waals surface area contributed by atoms with Gasteiger partial charge in [-0.2, -0.15) is 11.8 Å². The van der Waals surface area contributed by atoms with Gasteiger partial charge in [-0.25, -0.2) is 9.37 Å². The van der Waals surface area contributed by atoms with E-state index in [9.17, 15) is 4.39 Å². The van der Waals surface area contributed by atoms with E-state index in [1.165, 1.54) is 23.5 Å². The van der Waals surface area contributed by atoms with Crippen LogP contribution in [0.25, 0.3) is 10.2 Å². The van der Waals surface area contributed by atoms with Gasteiger partial charge in [0.05, 0.1) is 16.3 Å². The smallest absolute Gasteiger partial charge is 0.124 e. The molecule has 1 aromatic heterocycles. The van der Waals surface area contributed by atoms with E-state index in [1.54, 1.807) is 17.8 Å². The zero-order chi connectivity index (χ0) is 11.5. The first-order valence-electron chi connectivity index (χ1n) is 5.01. The van der Waals surface area contributed by atoms with Crippen LogP contribution >= 0.6 is 23.1 Å². The van der Waals surface area contributed by atoms with E-state index in [-0.39, 0.29) is 11.9 Å². The maximum absolute atomic E-state index is 13.0. The molecule has 0 saturated carbocycles. The minimum absolute atomic E-state index is 0.0343. The van der Waals surface area contributed by atoms with Crippen molar-refractivity contribution in [2.45, 2.75) is 12.5 Å². The summed E-state index contributed by atoms with van der Waals surface area (Å²) < 4.78 is 13.9. The largest absolute Gasteiger partial charge is 0.322 e. The monoisotopic (exact) mass is 256 g/mol. The van der Waals surface area contributed by atoms with Crippen LogP contribution in [0.1, 0.15) is 17.5 Å². The Morgan fingerprint density at radius 3 is 3.12 bits per heavy atom. The number of nitrogens with zero attached hydrogens (tertiary/aromatic N) is 1. The highest BCUT2D eigenvalue weighted by Crippen LogP contribution is 2.27. The van der Waals surface area contributed by atoms with Crippen molar-refractivity contribution in [1.82, 2.24) is 4.98 Å². The molecule has 16 heavy (non-hydrogen) atoms. The molecule has 0 radical (unpaired) electrons. The van der Waals surface area contributed by atoms with Crippen molar-refractivity contribution in [2.24, 2.45) is 5.73 Å². The average Bonchev–Trinajstić information content (AvgIpc) is 2.68. The van der Waals surface area contributed by atoms with E-state index in [2.05, 4.69) is 11.2 Å². The van der Waals surface area contributed by atoms with E-state index < -0.39 is 0 Å². The third kappa shape index (κ3) is 2.53. The van der Waals surface area contributed by atoms with Gasteiger partial charge in [0, 0.05) is 0 Å². The molecular weight excluding hydrogens is 243 g/mol. The Hall–Kier alpha value is -0.650. The first-order valence-corrected chi connectivity index (χ1v) is 7.22. The normalized spacial score (nSPS) is 13.2. The number of hydrogen-bond acceptors (Lipinski definition) is 4. The molecule has 2 aromatic rings. The summed E-state index contributed by atoms with van der Waals surface area (Å²) in [4.78, 5) is 4.42. The topological polar surface area (TPSA) is 38.9 Å². The van der Waals surface area contributed by atoms with E-state index in [4.69, 9.17) is 5.73 Å². The lowest BCUT2D eigenvalue weighted by atomic mass is 10.2. The number of rotatable bonds is 4. The molecule has 2 N–H and O–H groups in total. The second-order valence-electron chi connectivity index (χ2n) is 3.55. The number of nitrogens with two attached hydrogens (primary N) is 1. The summed E-state index contributed by atoms with van der Waals surface area (Å²) >= 11 is 3.26. The van der Waals surface area contributed by atoms with Crippen LogP contribution in [0.2, 0.25) is 0 Å². The van der Waals surface area contributed by atoms with Crippen molar-refractivity contribution in [3.05, 3.63) is 29.0 Å². The minimum atomic E-state index is -0.222. The summed E-state index contributed by atoms with van der Waals surface area (Å²) in [5.41, 5.74) is 6.86. The van der Waals surface area contributed by atoms with Crippen LogP contribution in [-0.2, 0) is 0 Å². The fraction of sp³-hybridized carbons (Fsp3) is 0.364. The van der Waals surface area contributed by atoms with Crippen LogP contribution in [0.3, 0.4) is 0 Å². The average molecular weight is 256 g/mol. The molecule has 1 aromatic carbocycles. The molecular formula is C11H13FN2S2. The van der Waals surface area contributed by atoms with Crippen LogP contribution in [0, 0.1) is 5.82 Å². The lowest BCUT2D eigenvalue weighted by Crippen LogP contribution is -2.10. The number of fused-ring (bicyclic) bond motifs is 1. The van der Waals surface area contributed by atoms with Crippen molar-refractivity contribution in [1.29, 1.82) is 0 Å². The third-order valence-electron chi connectivity index (χ3n) is 2.32. The third-order valence-corrected chi connectivity index (χ3v) is 4.11. The molecule has 0 bridgehead atoms. The minimum Gasteiger partial charge on any atom is -0.322 e. The standard InChI is InChI=1S/C11H13FN2S2/c1-15-5-4-8(13)11-14-9-3-2-7(12)6-10(9)16-11/h2-3,6,8H,4-5,13H2,1H3. The number of benzene rings is 1. The maximum atomic E-state index is 13.0.